The number of β-amino-alcohol motifs (C(OH)–C–C–N with tert-alkyl or cyclic N) is 1. The number of benzene rings is 1. The summed E-state index contributed by atoms with van der Waals surface area (Å²) in [5.74, 6) is 0.929. The molecule has 30 heavy (non-hydrogen) atoms. The first-order chi connectivity index (χ1) is 14.7. The van der Waals surface area contributed by atoms with Crippen LogP contribution in [0.25, 0.3) is 21.1 Å². The molecule has 160 valence electrons. The number of hydrogen-bond acceptors (Lipinski definition) is 5. The van der Waals surface area contributed by atoms with Crippen LogP contribution in [-0.4, -0.2) is 57.5 Å². The molecule has 4 heterocycles. The Kier molecular flexibility index (Phi) is 7.04. The summed E-state index contributed by atoms with van der Waals surface area (Å²) in [7, 11) is 0. The zero-order chi connectivity index (χ0) is 20.8. The molecule has 0 aliphatic carbocycles. The first-order valence-electron chi connectivity index (χ1n) is 10.7. The summed E-state index contributed by atoms with van der Waals surface area (Å²) >= 11 is 1.73. The number of aromatic nitrogens is 3. The van der Waals surface area contributed by atoms with E-state index in [4.69, 9.17) is 4.74 Å². The molecule has 7 heteroatoms. The van der Waals surface area contributed by atoms with Gasteiger partial charge in [0.2, 0.25) is 0 Å². The Hall–Kier alpha value is -2.35. The SMILES string of the molecule is Cc1[nH]nc2ccsc12.OC1CCCN(CCCCOc2ccc3cc[nH]c3c2)C1. The minimum atomic E-state index is -0.123. The van der Waals surface area contributed by atoms with Crippen molar-refractivity contribution in [2.45, 2.75) is 38.7 Å². The number of thiophene rings is 1. The first kappa shape index (κ1) is 20.9. The quantitative estimate of drug-likeness (QED) is 0.390. The van der Waals surface area contributed by atoms with E-state index in [1.54, 1.807) is 11.3 Å². The van der Waals surface area contributed by atoms with E-state index in [1.165, 1.54) is 15.8 Å². The highest BCUT2D eigenvalue weighted by molar-refractivity contribution is 7.17. The molecule has 0 saturated carbocycles. The molecule has 1 atom stereocenters. The third-order valence-electron chi connectivity index (χ3n) is 5.47. The van der Waals surface area contributed by atoms with Crippen LogP contribution in [0.1, 0.15) is 31.4 Å². The summed E-state index contributed by atoms with van der Waals surface area (Å²) < 4.78 is 7.08. The molecule has 0 radical (unpaired) electrons. The van der Waals surface area contributed by atoms with Gasteiger partial charge in [0, 0.05) is 30.0 Å². The van der Waals surface area contributed by atoms with Crippen LogP contribution in [0, 0.1) is 6.92 Å². The van der Waals surface area contributed by atoms with Crippen LogP contribution < -0.4 is 4.74 Å². The molecular weight excluding hydrogens is 396 g/mol. The van der Waals surface area contributed by atoms with Crippen molar-refractivity contribution in [3.63, 3.8) is 0 Å². The summed E-state index contributed by atoms with van der Waals surface area (Å²) in [5.41, 5.74) is 3.37. The Labute approximate surface area is 180 Å². The van der Waals surface area contributed by atoms with Crippen molar-refractivity contribution >= 4 is 32.5 Å². The Balaban J connectivity index is 0.000000200. The molecule has 1 aliphatic rings. The number of rotatable bonds is 6. The van der Waals surface area contributed by atoms with Gasteiger partial charge in [0.25, 0.3) is 0 Å². The van der Waals surface area contributed by atoms with Gasteiger partial charge in [0.15, 0.2) is 0 Å². The lowest BCUT2D eigenvalue weighted by Gasteiger charge is -2.29. The van der Waals surface area contributed by atoms with Crippen LogP contribution >= 0.6 is 11.3 Å². The molecule has 1 unspecified atom stereocenters. The molecule has 1 aliphatic heterocycles. The molecule has 1 saturated heterocycles. The van der Waals surface area contributed by atoms with Crippen molar-refractivity contribution < 1.29 is 9.84 Å². The summed E-state index contributed by atoms with van der Waals surface area (Å²) in [6, 6.07) is 10.2. The summed E-state index contributed by atoms with van der Waals surface area (Å²) in [5, 5.41) is 19.9. The standard InChI is InChI=1S/C17H24N2O2.C6H6N2S/c20-15-4-3-10-19(13-15)9-1-2-11-21-16-6-5-14-7-8-18-17(14)12-16;1-4-6-5(8-7-4)2-3-9-6/h5-8,12,15,18,20H,1-4,9-11,13H2;2-3H,1H3,(H,7,8). The maximum absolute atomic E-state index is 9.63. The van der Waals surface area contributed by atoms with E-state index >= 15 is 0 Å². The second-order valence-corrected chi connectivity index (χ2v) is 8.78. The van der Waals surface area contributed by atoms with Crippen molar-refractivity contribution in [2.24, 2.45) is 0 Å². The van der Waals surface area contributed by atoms with Crippen LogP contribution in [0.3, 0.4) is 0 Å². The molecule has 1 aromatic carbocycles. The van der Waals surface area contributed by atoms with Gasteiger partial charge in [-0.15, -0.1) is 11.3 Å². The van der Waals surface area contributed by atoms with E-state index in [2.05, 4.69) is 43.7 Å². The van der Waals surface area contributed by atoms with E-state index in [0.717, 1.165) is 68.7 Å². The topological polar surface area (TPSA) is 77.2 Å². The molecule has 3 N–H and O–H groups in total. The fourth-order valence-electron chi connectivity index (χ4n) is 3.84. The molecule has 3 aromatic heterocycles. The van der Waals surface area contributed by atoms with Gasteiger partial charge in [-0.05, 0) is 80.7 Å². The summed E-state index contributed by atoms with van der Waals surface area (Å²) in [6.07, 6.45) is 6.07. The van der Waals surface area contributed by atoms with Crippen LogP contribution in [0.2, 0.25) is 0 Å². The second kappa shape index (κ2) is 10.1. The molecule has 6 nitrogen and oxygen atoms in total. The number of fused-ring (bicyclic) bond motifs is 2. The molecule has 5 rings (SSSR count). The average Bonchev–Trinajstić information content (AvgIpc) is 3.47. The Morgan fingerprint density at radius 1 is 1.27 bits per heavy atom. The van der Waals surface area contributed by atoms with Gasteiger partial charge in [-0.3, -0.25) is 5.10 Å². The first-order valence-corrected chi connectivity index (χ1v) is 11.6. The fraction of sp³-hybridized carbons (Fsp3) is 0.435. The van der Waals surface area contributed by atoms with E-state index < -0.39 is 0 Å². The molecule has 1 fully saturated rings. The number of aliphatic hydroxyl groups excluding tert-OH is 1. The van der Waals surface area contributed by atoms with Crippen LogP contribution in [0.4, 0.5) is 0 Å². The minimum Gasteiger partial charge on any atom is -0.494 e. The van der Waals surface area contributed by atoms with Gasteiger partial charge >= 0.3 is 0 Å². The van der Waals surface area contributed by atoms with Gasteiger partial charge in [0.1, 0.15) is 11.3 Å². The van der Waals surface area contributed by atoms with Gasteiger partial charge in [-0.2, -0.15) is 5.10 Å². The molecule has 0 spiro atoms. The number of piperidine rings is 1. The van der Waals surface area contributed by atoms with Gasteiger partial charge < -0.3 is 19.7 Å². The van der Waals surface area contributed by atoms with Crippen molar-refractivity contribution in [3.05, 3.63) is 47.6 Å². The predicted molar refractivity (Wildman–Crippen MR) is 123 cm³/mol. The van der Waals surface area contributed by atoms with Crippen LogP contribution in [0.5, 0.6) is 5.75 Å². The molecule has 0 amide bonds. The number of aryl methyl sites for hydroxylation is 1. The Morgan fingerprint density at radius 3 is 3.07 bits per heavy atom. The van der Waals surface area contributed by atoms with E-state index in [-0.39, 0.29) is 6.10 Å². The van der Waals surface area contributed by atoms with Crippen LogP contribution in [-0.2, 0) is 0 Å². The predicted octanol–water partition coefficient (Wildman–Crippen LogP) is 4.72. The van der Waals surface area contributed by atoms with Gasteiger partial charge in [-0.25, -0.2) is 0 Å². The normalized spacial score (nSPS) is 17.2. The number of nitrogens with zero attached hydrogens (tertiary/aromatic N) is 2. The second-order valence-electron chi connectivity index (χ2n) is 7.86. The highest BCUT2D eigenvalue weighted by Crippen LogP contribution is 2.21. The van der Waals surface area contributed by atoms with Gasteiger partial charge in [-0.1, -0.05) is 0 Å². The number of hydrogen-bond donors (Lipinski definition) is 3. The van der Waals surface area contributed by atoms with E-state index in [9.17, 15) is 5.11 Å². The minimum absolute atomic E-state index is 0.123. The highest BCUT2D eigenvalue weighted by atomic mass is 32.1. The number of aromatic amines is 2. The molecule has 0 bridgehead atoms. The largest absolute Gasteiger partial charge is 0.494 e. The maximum atomic E-state index is 9.63. The number of likely N-dealkylation sites (tertiary alicyclic amines) is 1. The lowest BCUT2D eigenvalue weighted by molar-refractivity contribution is 0.0693. The number of aliphatic hydroxyl groups is 1. The van der Waals surface area contributed by atoms with E-state index in [1.807, 2.05) is 25.3 Å². The molecular formula is C23H30N4O2S. The maximum Gasteiger partial charge on any atom is 0.121 e. The number of ether oxygens (including phenoxy) is 1. The van der Waals surface area contributed by atoms with Gasteiger partial charge in [0.05, 0.1) is 17.4 Å². The lowest BCUT2D eigenvalue weighted by atomic mass is 10.1. The fourth-order valence-corrected chi connectivity index (χ4v) is 4.63. The van der Waals surface area contributed by atoms with E-state index in [0.29, 0.717) is 0 Å². The monoisotopic (exact) mass is 426 g/mol. The number of H-pyrrole nitrogens is 2. The Bertz CT molecular complexity index is 1050. The van der Waals surface area contributed by atoms with Crippen LogP contribution in [0.15, 0.2) is 41.9 Å². The van der Waals surface area contributed by atoms with Crippen molar-refractivity contribution in [1.82, 2.24) is 20.1 Å². The smallest absolute Gasteiger partial charge is 0.121 e. The van der Waals surface area contributed by atoms with Crippen molar-refractivity contribution in [1.29, 1.82) is 0 Å². The zero-order valence-electron chi connectivity index (χ0n) is 17.4. The number of nitrogens with one attached hydrogen (secondary N) is 2. The average molecular weight is 427 g/mol. The van der Waals surface area contributed by atoms with Crippen molar-refractivity contribution in [2.75, 3.05) is 26.2 Å². The third kappa shape index (κ3) is 5.41. The van der Waals surface area contributed by atoms with Crippen molar-refractivity contribution in [3.8, 4) is 5.75 Å². The zero-order valence-corrected chi connectivity index (χ0v) is 18.3. The Morgan fingerprint density at radius 2 is 2.20 bits per heavy atom. The third-order valence-corrected chi connectivity index (χ3v) is 6.50. The number of unbranched alkanes of at least 4 members (excludes halogenated alkanes) is 1. The summed E-state index contributed by atoms with van der Waals surface area (Å²) in [4.78, 5) is 5.56. The molecule has 4 aromatic rings. The highest BCUT2D eigenvalue weighted by Gasteiger charge is 2.16. The lowest BCUT2D eigenvalue weighted by Crippen LogP contribution is -2.38. The summed E-state index contributed by atoms with van der Waals surface area (Å²) in [6.45, 7) is 5.82.